The number of benzene rings is 2. The minimum atomic E-state index is -3.61. The van der Waals surface area contributed by atoms with Crippen LogP contribution in [0.3, 0.4) is 0 Å². The molecule has 2 aromatic carbocycles. The van der Waals surface area contributed by atoms with Crippen molar-refractivity contribution in [3.63, 3.8) is 0 Å². The van der Waals surface area contributed by atoms with E-state index in [-0.39, 0.29) is 29.4 Å². The molecule has 164 valence electrons. The van der Waals surface area contributed by atoms with Gasteiger partial charge in [-0.05, 0) is 56.7 Å². The van der Waals surface area contributed by atoms with Gasteiger partial charge in [0.15, 0.2) is 0 Å². The molecule has 0 aliphatic carbocycles. The van der Waals surface area contributed by atoms with Crippen LogP contribution < -0.4 is 5.32 Å². The van der Waals surface area contributed by atoms with Gasteiger partial charge >= 0.3 is 0 Å². The number of ether oxygens (including phenoxy) is 1. The first-order chi connectivity index (χ1) is 14.7. The third-order valence-electron chi connectivity index (χ3n) is 5.32. The molecule has 31 heavy (non-hydrogen) atoms. The third kappa shape index (κ3) is 4.66. The number of hydrogen-bond acceptors (Lipinski definition) is 5. The fraction of sp³-hybridized carbons (Fsp3) is 0.348. The normalized spacial score (nSPS) is 20.1. The van der Waals surface area contributed by atoms with Crippen LogP contribution in [-0.4, -0.2) is 43.9 Å². The van der Waals surface area contributed by atoms with E-state index in [1.165, 1.54) is 16.4 Å². The highest BCUT2D eigenvalue weighted by Gasteiger charge is 2.32. The summed E-state index contributed by atoms with van der Waals surface area (Å²) in [6.45, 7) is 6.35. The molecular formula is C23H26N2O5S. The Morgan fingerprint density at radius 2 is 1.77 bits per heavy atom. The highest BCUT2D eigenvalue weighted by molar-refractivity contribution is 7.89. The minimum absolute atomic E-state index is 0.153. The minimum Gasteiger partial charge on any atom is -0.464 e. The fourth-order valence-corrected chi connectivity index (χ4v) is 5.48. The van der Waals surface area contributed by atoms with Crippen LogP contribution in [0, 0.1) is 6.92 Å². The number of carbonyl (C=O) groups is 1. The molecule has 8 heteroatoms. The smallest absolute Gasteiger partial charge is 0.243 e. The van der Waals surface area contributed by atoms with Gasteiger partial charge in [-0.15, -0.1) is 0 Å². The summed E-state index contributed by atoms with van der Waals surface area (Å²) in [5, 5.41) is 3.73. The highest BCUT2D eigenvalue weighted by atomic mass is 32.2. The molecule has 1 aliphatic heterocycles. The predicted octanol–water partition coefficient (Wildman–Crippen LogP) is 3.72. The number of sulfonamides is 1. The van der Waals surface area contributed by atoms with Crippen molar-refractivity contribution in [1.29, 1.82) is 0 Å². The number of rotatable bonds is 5. The van der Waals surface area contributed by atoms with Crippen molar-refractivity contribution >= 4 is 32.6 Å². The summed E-state index contributed by atoms with van der Waals surface area (Å²) < 4.78 is 38.5. The van der Waals surface area contributed by atoms with Crippen LogP contribution in [0.2, 0.25) is 0 Å². The second-order valence-electron chi connectivity index (χ2n) is 8.09. The Hall–Kier alpha value is -2.68. The molecule has 0 saturated carbocycles. The van der Waals surface area contributed by atoms with Gasteiger partial charge in [-0.3, -0.25) is 4.79 Å². The molecule has 1 saturated heterocycles. The summed E-state index contributed by atoms with van der Waals surface area (Å²) in [7, 11) is -3.61. The second-order valence-corrected chi connectivity index (χ2v) is 10.0. The summed E-state index contributed by atoms with van der Waals surface area (Å²) in [5.74, 6) is -0.199. The largest absolute Gasteiger partial charge is 0.464 e. The van der Waals surface area contributed by atoms with E-state index in [9.17, 15) is 13.2 Å². The molecule has 2 heterocycles. The Kier molecular flexibility index (Phi) is 5.88. The lowest BCUT2D eigenvalue weighted by Gasteiger charge is -2.34. The van der Waals surface area contributed by atoms with E-state index in [4.69, 9.17) is 9.15 Å². The molecule has 2 atom stereocenters. The van der Waals surface area contributed by atoms with Gasteiger partial charge in [-0.2, -0.15) is 4.31 Å². The molecule has 0 spiro atoms. The van der Waals surface area contributed by atoms with Crippen LogP contribution in [-0.2, 0) is 26.0 Å². The monoisotopic (exact) mass is 442 g/mol. The topological polar surface area (TPSA) is 88.9 Å². The van der Waals surface area contributed by atoms with Crippen molar-refractivity contribution in [2.45, 2.75) is 44.3 Å². The first-order valence-electron chi connectivity index (χ1n) is 10.2. The number of carbonyl (C=O) groups excluding carboxylic acids is 1. The first-order valence-corrected chi connectivity index (χ1v) is 11.7. The van der Waals surface area contributed by atoms with Crippen molar-refractivity contribution in [3.05, 3.63) is 59.9 Å². The Balaban J connectivity index is 1.43. The molecule has 1 amide bonds. The SMILES string of the molecule is Cc1ccc2c(CC(=O)Nc3ccc(S(=O)(=O)N4C[C@@H](C)O[C@@H](C)C4)cc3)coc2c1. The Morgan fingerprint density at radius 1 is 1.10 bits per heavy atom. The molecular weight excluding hydrogens is 416 g/mol. The van der Waals surface area contributed by atoms with Crippen LogP contribution in [0.5, 0.6) is 0 Å². The number of fused-ring (bicyclic) bond motifs is 1. The molecule has 1 aromatic heterocycles. The van der Waals surface area contributed by atoms with E-state index in [1.807, 2.05) is 39.0 Å². The fourth-order valence-electron chi connectivity index (χ4n) is 3.89. The van der Waals surface area contributed by atoms with Crippen molar-refractivity contribution in [2.75, 3.05) is 18.4 Å². The summed E-state index contributed by atoms with van der Waals surface area (Å²) in [4.78, 5) is 12.7. The molecule has 0 radical (unpaired) electrons. The van der Waals surface area contributed by atoms with Crippen LogP contribution >= 0.6 is 0 Å². The van der Waals surface area contributed by atoms with Crippen LogP contribution in [0.1, 0.15) is 25.0 Å². The van der Waals surface area contributed by atoms with Gasteiger partial charge < -0.3 is 14.5 Å². The van der Waals surface area contributed by atoms with Crippen molar-refractivity contribution in [1.82, 2.24) is 4.31 Å². The number of nitrogens with one attached hydrogen (secondary N) is 1. The van der Waals surface area contributed by atoms with Crippen molar-refractivity contribution in [3.8, 4) is 0 Å². The van der Waals surface area contributed by atoms with E-state index < -0.39 is 10.0 Å². The van der Waals surface area contributed by atoms with Gasteiger partial charge in [0.05, 0.1) is 29.8 Å². The zero-order valence-corrected chi connectivity index (χ0v) is 18.6. The summed E-state index contributed by atoms with van der Waals surface area (Å²) >= 11 is 0. The van der Waals surface area contributed by atoms with Crippen molar-refractivity contribution < 1.29 is 22.4 Å². The molecule has 7 nitrogen and oxygen atoms in total. The number of aryl methyl sites for hydroxylation is 1. The summed E-state index contributed by atoms with van der Waals surface area (Å²) in [6.07, 6.45) is 1.46. The highest BCUT2D eigenvalue weighted by Crippen LogP contribution is 2.24. The molecule has 0 bridgehead atoms. The van der Waals surface area contributed by atoms with Gasteiger partial charge in [-0.25, -0.2) is 8.42 Å². The first kappa shape index (κ1) is 21.5. The quantitative estimate of drug-likeness (QED) is 0.651. The average Bonchev–Trinajstić information content (AvgIpc) is 3.09. The number of anilines is 1. The van der Waals surface area contributed by atoms with E-state index >= 15 is 0 Å². The lowest BCUT2D eigenvalue weighted by Crippen LogP contribution is -2.48. The van der Waals surface area contributed by atoms with E-state index in [0.717, 1.165) is 22.1 Å². The number of amides is 1. The molecule has 1 aliphatic rings. The Morgan fingerprint density at radius 3 is 2.45 bits per heavy atom. The third-order valence-corrected chi connectivity index (χ3v) is 7.17. The Labute approximate surface area is 182 Å². The maximum absolute atomic E-state index is 12.9. The predicted molar refractivity (Wildman–Crippen MR) is 118 cm³/mol. The zero-order valence-electron chi connectivity index (χ0n) is 17.8. The molecule has 3 aromatic rings. The lowest BCUT2D eigenvalue weighted by molar-refractivity contribution is -0.115. The second kappa shape index (κ2) is 8.45. The molecule has 1 fully saturated rings. The summed E-state index contributed by atoms with van der Waals surface area (Å²) in [5.41, 5.74) is 3.19. The van der Waals surface area contributed by atoms with Gasteiger partial charge in [0.1, 0.15) is 5.58 Å². The summed E-state index contributed by atoms with van der Waals surface area (Å²) in [6, 6.07) is 12.1. The van der Waals surface area contributed by atoms with Gasteiger partial charge in [0.25, 0.3) is 0 Å². The number of furan rings is 1. The van der Waals surface area contributed by atoms with Gasteiger partial charge in [0, 0.05) is 29.7 Å². The molecule has 1 N–H and O–H groups in total. The Bertz CT molecular complexity index is 1190. The standard InChI is InChI=1S/C23H26N2O5S/c1-15-4-9-21-18(14-29-22(21)10-15)11-23(26)24-19-5-7-20(8-6-19)31(27,28)25-12-16(2)30-17(3)13-25/h4-10,14,16-17H,11-13H2,1-3H3,(H,24,26)/t16-,17+. The maximum atomic E-state index is 12.9. The van der Waals surface area contributed by atoms with E-state index in [1.54, 1.807) is 18.4 Å². The maximum Gasteiger partial charge on any atom is 0.243 e. The van der Waals surface area contributed by atoms with Crippen LogP contribution in [0.4, 0.5) is 5.69 Å². The van der Waals surface area contributed by atoms with E-state index in [0.29, 0.717) is 18.8 Å². The van der Waals surface area contributed by atoms with Gasteiger partial charge in [0.2, 0.25) is 15.9 Å². The van der Waals surface area contributed by atoms with Crippen LogP contribution in [0.15, 0.2) is 58.0 Å². The van der Waals surface area contributed by atoms with E-state index in [2.05, 4.69) is 5.32 Å². The lowest BCUT2D eigenvalue weighted by atomic mass is 10.1. The molecule has 0 unspecified atom stereocenters. The zero-order chi connectivity index (χ0) is 22.2. The average molecular weight is 443 g/mol. The van der Waals surface area contributed by atoms with Crippen LogP contribution in [0.25, 0.3) is 11.0 Å². The van der Waals surface area contributed by atoms with Gasteiger partial charge in [-0.1, -0.05) is 12.1 Å². The number of morpholine rings is 1. The van der Waals surface area contributed by atoms with Crippen molar-refractivity contribution in [2.24, 2.45) is 0 Å². The molecule has 4 rings (SSSR count). The number of nitrogens with zero attached hydrogens (tertiary/aromatic N) is 1. The number of hydrogen-bond donors (Lipinski definition) is 1.